The van der Waals surface area contributed by atoms with Gasteiger partial charge >= 0.3 is 0 Å². The SMILES string of the molecule is CSc1c(NCCC(C)C)sc(C#N)c1N. The topological polar surface area (TPSA) is 61.8 Å². The van der Waals surface area contributed by atoms with Crippen LogP contribution in [0.4, 0.5) is 10.7 Å². The molecule has 0 saturated heterocycles. The number of nitrogens with one attached hydrogen (secondary N) is 1. The highest BCUT2D eigenvalue weighted by molar-refractivity contribution is 7.99. The number of nitrogens with two attached hydrogens (primary N) is 1. The number of hydrogen-bond donors (Lipinski definition) is 2. The van der Waals surface area contributed by atoms with Gasteiger partial charge in [-0.15, -0.1) is 23.1 Å². The predicted molar refractivity (Wildman–Crippen MR) is 73.2 cm³/mol. The van der Waals surface area contributed by atoms with Crippen LogP contribution in [0.25, 0.3) is 0 Å². The van der Waals surface area contributed by atoms with E-state index < -0.39 is 0 Å². The van der Waals surface area contributed by atoms with Gasteiger partial charge in [-0.25, -0.2) is 0 Å². The van der Waals surface area contributed by atoms with Gasteiger partial charge in [-0.05, 0) is 18.6 Å². The van der Waals surface area contributed by atoms with Crippen LogP contribution < -0.4 is 11.1 Å². The molecule has 0 radical (unpaired) electrons. The average molecular weight is 255 g/mol. The molecule has 0 aliphatic carbocycles. The zero-order valence-corrected chi connectivity index (χ0v) is 11.5. The summed E-state index contributed by atoms with van der Waals surface area (Å²) in [5, 5.41) is 13.3. The molecule has 0 aliphatic rings. The monoisotopic (exact) mass is 255 g/mol. The second kappa shape index (κ2) is 6.02. The number of nitriles is 1. The summed E-state index contributed by atoms with van der Waals surface area (Å²) >= 11 is 3.03. The summed E-state index contributed by atoms with van der Waals surface area (Å²) in [7, 11) is 0. The minimum atomic E-state index is 0.608. The van der Waals surface area contributed by atoms with Crippen LogP contribution >= 0.6 is 23.1 Å². The number of thioether (sulfide) groups is 1. The van der Waals surface area contributed by atoms with Crippen LogP contribution in [-0.4, -0.2) is 12.8 Å². The number of rotatable bonds is 5. The third-order valence-electron chi connectivity index (χ3n) is 2.21. The highest BCUT2D eigenvalue weighted by atomic mass is 32.2. The minimum absolute atomic E-state index is 0.608. The molecule has 1 heterocycles. The van der Waals surface area contributed by atoms with Crippen molar-refractivity contribution in [2.75, 3.05) is 23.9 Å². The molecule has 0 aromatic carbocycles. The standard InChI is InChI=1S/C11H17N3S2/c1-7(2)4-5-14-11-10(15-3)9(13)8(6-12)16-11/h7,14H,4-5,13H2,1-3H3. The van der Waals surface area contributed by atoms with E-state index in [-0.39, 0.29) is 0 Å². The molecule has 1 aromatic heterocycles. The van der Waals surface area contributed by atoms with Crippen molar-refractivity contribution in [2.45, 2.75) is 25.2 Å². The average Bonchev–Trinajstić information content (AvgIpc) is 2.54. The zero-order valence-electron chi connectivity index (χ0n) is 9.83. The highest BCUT2D eigenvalue weighted by Crippen LogP contribution is 2.41. The van der Waals surface area contributed by atoms with Crippen LogP contribution in [0, 0.1) is 17.2 Å². The molecule has 0 fully saturated rings. The normalized spacial score (nSPS) is 10.4. The zero-order chi connectivity index (χ0) is 12.1. The summed E-state index contributed by atoms with van der Waals surface area (Å²) in [5.74, 6) is 0.679. The molecule has 1 rings (SSSR count). The third kappa shape index (κ3) is 3.06. The van der Waals surface area contributed by atoms with Crippen molar-refractivity contribution in [1.29, 1.82) is 5.26 Å². The van der Waals surface area contributed by atoms with Gasteiger partial charge < -0.3 is 11.1 Å². The lowest BCUT2D eigenvalue weighted by molar-refractivity contribution is 0.607. The summed E-state index contributed by atoms with van der Waals surface area (Å²) in [6, 6.07) is 2.13. The molecule has 5 heteroatoms. The summed E-state index contributed by atoms with van der Waals surface area (Å²) < 4.78 is 0. The smallest absolute Gasteiger partial charge is 0.131 e. The second-order valence-electron chi connectivity index (χ2n) is 3.93. The first-order valence-electron chi connectivity index (χ1n) is 5.20. The molecule has 0 aliphatic heterocycles. The summed E-state index contributed by atoms with van der Waals surface area (Å²) in [4.78, 5) is 1.61. The molecule has 3 N–H and O–H groups in total. The lowest BCUT2D eigenvalue weighted by Crippen LogP contribution is -2.04. The van der Waals surface area contributed by atoms with Gasteiger partial charge in [0.05, 0.1) is 10.6 Å². The summed E-state index contributed by atoms with van der Waals surface area (Å²) in [6.07, 6.45) is 3.10. The fourth-order valence-corrected chi connectivity index (χ4v) is 3.16. The van der Waals surface area contributed by atoms with E-state index in [0.29, 0.717) is 16.5 Å². The first kappa shape index (κ1) is 13.2. The Hall–Kier alpha value is -0.860. The van der Waals surface area contributed by atoms with Crippen molar-refractivity contribution in [3.63, 3.8) is 0 Å². The Morgan fingerprint density at radius 3 is 2.75 bits per heavy atom. The maximum atomic E-state index is 8.91. The van der Waals surface area contributed by atoms with Crippen molar-refractivity contribution in [3.05, 3.63) is 4.88 Å². The number of nitrogens with zero attached hydrogens (tertiary/aromatic N) is 1. The van der Waals surface area contributed by atoms with Gasteiger partial charge in [-0.2, -0.15) is 5.26 Å². The fourth-order valence-electron chi connectivity index (χ4n) is 1.31. The predicted octanol–water partition coefficient (Wildman–Crippen LogP) is 3.38. The lowest BCUT2D eigenvalue weighted by Gasteiger charge is -2.07. The molecule has 0 saturated carbocycles. The molecular formula is C11H17N3S2. The number of nitrogen functional groups attached to an aromatic ring is 1. The molecule has 0 amide bonds. The molecule has 0 bridgehead atoms. The van der Waals surface area contributed by atoms with E-state index in [1.54, 1.807) is 11.8 Å². The van der Waals surface area contributed by atoms with Crippen molar-refractivity contribution in [2.24, 2.45) is 5.92 Å². The van der Waals surface area contributed by atoms with Crippen LogP contribution in [0.5, 0.6) is 0 Å². The molecule has 3 nitrogen and oxygen atoms in total. The van der Waals surface area contributed by atoms with Gasteiger partial charge in [0.1, 0.15) is 15.9 Å². The van der Waals surface area contributed by atoms with E-state index in [0.717, 1.165) is 22.9 Å². The first-order valence-corrected chi connectivity index (χ1v) is 7.24. The van der Waals surface area contributed by atoms with Gasteiger partial charge in [0.25, 0.3) is 0 Å². The number of hydrogen-bond acceptors (Lipinski definition) is 5. The Bertz CT molecular complexity index is 391. The molecular weight excluding hydrogens is 238 g/mol. The Morgan fingerprint density at radius 2 is 2.25 bits per heavy atom. The number of thiophene rings is 1. The Balaban J connectivity index is 2.76. The first-order chi connectivity index (χ1) is 7.60. The van der Waals surface area contributed by atoms with Crippen LogP contribution in [0.2, 0.25) is 0 Å². The van der Waals surface area contributed by atoms with Crippen molar-refractivity contribution in [3.8, 4) is 6.07 Å². The van der Waals surface area contributed by atoms with Crippen LogP contribution in [0.1, 0.15) is 25.1 Å². The van der Waals surface area contributed by atoms with Crippen LogP contribution in [0.15, 0.2) is 4.90 Å². The minimum Gasteiger partial charge on any atom is -0.396 e. The third-order valence-corrected chi connectivity index (χ3v) is 4.24. The van der Waals surface area contributed by atoms with Crippen molar-refractivity contribution in [1.82, 2.24) is 0 Å². The van der Waals surface area contributed by atoms with Crippen molar-refractivity contribution >= 4 is 33.8 Å². The maximum Gasteiger partial charge on any atom is 0.131 e. The molecule has 0 unspecified atom stereocenters. The van der Waals surface area contributed by atoms with E-state index >= 15 is 0 Å². The van der Waals surface area contributed by atoms with E-state index in [4.69, 9.17) is 11.0 Å². The van der Waals surface area contributed by atoms with Gasteiger partial charge in [-0.1, -0.05) is 13.8 Å². The Labute approximate surface area is 105 Å². The summed E-state index contributed by atoms with van der Waals surface area (Å²) in [5.41, 5.74) is 6.50. The molecule has 0 atom stereocenters. The Morgan fingerprint density at radius 1 is 1.56 bits per heavy atom. The highest BCUT2D eigenvalue weighted by Gasteiger charge is 2.14. The Kier molecular flexibility index (Phi) is 4.97. The van der Waals surface area contributed by atoms with Gasteiger partial charge in [0, 0.05) is 6.54 Å². The maximum absolute atomic E-state index is 8.91. The molecule has 1 aromatic rings. The molecule has 0 spiro atoms. The fraction of sp³-hybridized carbons (Fsp3) is 0.545. The van der Waals surface area contributed by atoms with E-state index in [1.807, 2.05) is 6.26 Å². The summed E-state index contributed by atoms with van der Waals surface area (Å²) in [6.45, 7) is 5.32. The van der Waals surface area contributed by atoms with Crippen molar-refractivity contribution < 1.29 is 0 Å². The van der Waals surface area contributed by atoms with Gasteiger partial charge in [0.15, 0.2) is 0 Å². The van der Waals surface area contributed by atoms with E-state index in [2.05, 4.69) is 25.2 Å². The van der Waals surface area contributed by atoms with E-state index in [1.165, 1.54) is 11.3 Å². The van der Waals surface area contributed by atoms with Gasteiger partial charge in [-0.3, -0.25) is 0 Å². The molecule has 16 heavy (non-hydrogen) atoms. The largest absolute Gasteiger partial charge is 0.396 e. The number of anilines is 2. The lowest BCUT2D eigenvalue weighted by atomic mass is 10.1. The quantitative estimate of drug-likeness (QED) is 0.792. The van der Waals surface area contributed by atoms with Gasteiger partial charge in [0.2, 0.25) is 0 Å². The van der Waals surface area contributed by atoms with Crippen LogP contribution in [0.3, 0.4) is 0 Å². The van der Waals surface area contributed by atoms with Crippen LogP contribution in [-0.2, 0) is 0 Å². The molecule has 88 valence electrons. The van der Waals surface area contributed by atoms with E-state index in [9.17, 15) is 0 Å². The second-order valence-corrected chi connectivity index (χ2v) is 5.77.